The summed E-state index contributed by atoms with van der Waals surface area (Å²) in [5.41, 5.74) is 2.69. The molecule has 3 heterocycles. The van der Waals surface area contributed by atoms with E-state index in [1.807, 2.05) is 73.7 Å². The lowest BCUT2D eigenvalue weighted by Gasteiger charge is -2.38. The summed E-state index contributed by atoms with van der Waals surface area (Å²) in [5.74, 6) is -1.13. The van der Waals surface area contributed by atoms with Gasteiger partial charge < -0.3 is 34.8 Å². The van der Waals surface area contributed by atoms with Gasteiger partial charge in [-0.2, -0.15) is 0 Å². The first kappa shape index (κ1) is 35.4. The van der Waals surface area contributed by atoms with Crippen molar-refractivity contribution in [3.8, 4) is 5.75 Å². The van der Waals surface area contributed by atoms with Crippen LogP contribution >= 0.6 is 0 Å². The largest absolute Gasteiger partial charge is 0.497 e. The molecule has 1 fully saturated rings. The van der Waals surface area contributed by atoms with Crippen LogP contribution in [0.15, 0.2) is 97.1 Å². The minimum atomic E-state index is -1.43. The summed E-state index contributed by atoms with van der Waals surface area (Å²) < 4.78 is 12.1. The zero-order valence-electron chi connectivity index (χ0n) is 29.9. The van der Waals surface area contributed by atoms with Crippen molar-refractivity contribution >= 4 is 29.1 Å². The van der Waals surface area contributed by atoms with E-state index in [9.17, 15) is 24.6 Å². The molecule has 3 aliphatic heterocycles. The van der Waals surface area contributed by atoms with Crippen LogP contribution < -0.4 is 15.0 Å². The van der Waals surface area contributed by atoms with E-state index in [1.54, 1.807) is 61.1 Å². The predicted octanol–water partition coefficient (Wildman–Crippen LogP) is 5.45. The lowest BCUT2D eigenvalue weighted by atomic mass is 9.70. The molecule has 3 N–H and O–H groups in total. The number of nitrogens with one attached hydrogen (secondary N) is 1. The Labute approximate surface area is 304 Å². The van der Waals surface area contributed by atoms with E-state index in [4.69, 9.17) is 9.47 Å². The number of carbonyl (C=O) groups excluding carboxylic acids is 3. The smallest absolute Gasteiger partial charge is 0.264 e. The second-order valence-corrected chi connectivity index (χ2v) is 14.7. The van der Waals surface area contributed by atoms with E-state index >= 15 is 0 Å². The third-order valence-corrected chi connectivity index (χ3v) is 11.0. The molecule has 1 spiro atoms. The number of para-hydroxylation sites is 1. The molecule has 10 nitrogen and oxygen atoms in total. The first-order chi connectivity index (χ1) is 24.9. The second-order valence-electron chi connectivity index (χ2n) is 14.7. The highest BCUT2D eigenvalue weighted by Gasteiger charge is 2.66. The van der Waals surface area contributed by atoms with Crippen molar-refractivity contribution in [3.63, 3.8) is 0 Å². The predicted molar refractivity (Wildman–Crippen MR) is 197 cm³/mol. The fourth-order valence-electron chi connectivity index (χ4n) is 8.60. The number of carbonyl (C=O) groups is 3. The number of aliphatic hydroxyl groups excluding tert-OH is 1. The fourth-order valence-corrected chi connectivity index (χ4v) is 8.60. The average molecular weight is 704 g/mol. The van der Waals surface area contributed by atoms with Crippen LogP contribution in [0.25, 0.3) is 0 Å². The highest BCUT2D eigenvalue weighted by Crippen LogP contribution is 2.58. The van der Waals surface area contributed by atoms with E-state index in [0.717, 1.165) is 16.7 Å². The van der Waals surface area contributed by atoms with E-state index in [-0.39, 0.29) is 43.3 Å². The summed E-state index contributed by atoms with van der Waals surface area (Å²) in [6.45, 7) is 5.74. The van der Waals surface area contributed by atoms with Gasteiger partial charge in [0, 0.05) is 35.2 Å². The lowest BCUT2D eigenvalue weighted by Crippen LogP contribution is -2.48. The Morgan fingerprint density at radius 1 is 0.981 bits per heavy atom. The molecule has 5 atom stereocenters. The first-order valence-corrected chi connectivity index (χ1v) is 17.8. The maximum Gasteiger partial charge on any atom is 0.264 e. The molecule has 10 heteroatoms. The van der Waals surface area contributed by atoms with Gasteiger partial charge in [0.1, 0.15) is 5.75 Å². The number of hydrogen-bond acceptors (Lipinski definition) is 7. The minimum absolute atomic E-state index is 0.0508. The van der Waals surface area contributed by atoms with Crippen LogP contribution in [0.4, 0.5) is 11.4 Å². The number of rotatable bonds is 9. The van der Waals surface area contributed by atoms with Crippen LogP contribution in [-0.2, 0) is 39.4 Å². The number of nitrogens with zero attached hydrogens (tertiary/aromatic N) is 2. The van der Waals surface area contributed by atoms with Crippen LogP contribution in [-0.4, -0.2) is 64.3 Å². The van der Waals surface area contributed by atoms with E-state index < -0.39 is 29.1 Å². The molecule has 4 aromatic carbocycles. The summed E-state index contributed by atoms with van der Waals surface area (Å²) >= 11 is 0. The number of hydrogen-bond donors (Lipinski definition) is 3. The molecule has 0 radical (unpaired) electrons. The number of amides is 3. The Hall–Kier alpha value is -5.03. The van der Waals surface area contributed by atoms with Gasteiger partial charge in [-0.3, -0.25) is 14.4 Å². The third kappa shape index (κ3) is 6.25. The Bertz CT molecular complexity index is 1990. The number of fused-ring (bicyclic) bond motifs is 3. The normalized spacial score (nSPS) is 23.8. The zero-order valence-corrected chi connectivity index (χ0v) is 29.9. The maximum absolute atomic E-state index is 14.9. The summed E-state index contributed by atoms with van der Waals surface area (Å²) in [6.07, 6.45) is -0.274. The summed E-state index contributed by atoms with van der Waals surface area (Å²) in [6, 6.07) is 29.3. The first-order valence-electron chi connectivity index (χ1n) is 17.8. The van der Waals surface area contributed by atoms with Crippen molar-refractivity contribution in [1.82, 2.24) is 4.90 Å². The van der Waals surface area contributed by atoms with Crippen LogP contribution in [0.5, 0.6) is 5.75 Å². The average Bonchev–Trinajstić information content (AvgIpc) is 3.57. The molecule has 3 amide bonds. The van der Waals surface area contributed by atoms with Gasteiger partial charge in [-0.05, 0) is 79.4 Å². The van der Waals surface area contributed by atoms with Crippen LogP contribution in [0, 0.1) is 11.8 Å². The molecule has 7 rings (SSSR count). The van der Waals surface area contributed by atoms with Crippen molar-refractivity contribution in [2.24, 2.45) is 11.8 Å². The van der Waals surface area contributed by atoms with Gasteiger partial charge in [-0.1, -0.05) is 61.5 Å². The molecule has 4 aromatic rings. The van der Waals surface area contributed by atoms with Gasteiger partial charge in [0.2, 0.25) is 5.91 Å². The van der Waals surface area contributed by atoms with Gasteiger partial charge in [-0.25, -0.2) is 0 Å². The van der Waals surface area contributed by atoms with Crippen LogP contribution in [0.2, 0.25) is 0 Å². The molecular formula is C42H45N3O7. The van der Waals surface area contributed by atoms with Gasteiger partial charge in [-0.15, -0.1) is 0 Å². The fraction of sp³-hybridized carbons (Fsp3) is 0.357. The second kappa shape index (κ2) is 13.8. The summed E-state index contributed by atoms with van der Waals surface area (Å²) in [4.78, 5) is 45.4. The summed E-state index contributed by atoms with van der Waals surface area (Å²) in [5, 5.41) is 24.8. The molecular weight excluding hydrogens is 658 g/mol. The Morgan fingerprint density at radius 3 is 2.40 bits per heavy atom. The third-order valence-electron chi connectivity index (χ3n) is 11.0. The van der Waals surface area contributed by atoms with Crippen molar-refractivity contribution in [3.05, 3.63) is 125 Å². The van der Waals surface area contributed by atoms with E-state index in [2.05, 4.69) is 5.32 Å². The maximum atomic E-state index is 14.9. The number of ether oxygens (including phenoxy) is 2. The van der Waals surface area contributed by atoms with Gasteiger partial charge in [0.15, 0.2) is 5.60 Å². The molecule has 0 unspecified atom stereocenters. The van der Waals surface area contributed by atoms with Crippen molar-refractivity contribution in [2.75, 3.05) is 23.9 Å². The monoisotopic (exact) mass is 703 g/mol. The minimum Gasteiger partial charge on any atom is -0.497 e. The number of benzene rings is 4. The number of aliphatic hydroxyl groups is 2. The quantitative estimate of drug-likeness (QED) is 0.212. The molecule has 0 aliphatic carbocycles. The highest BCUT2D eigenvalue weighted by atomic mass is 16.5. The molecule has 0 saturated carbocycles. The molecule has 270 valence electrons. The van der Waals surface area contributed by atoms with E-state index in [1.165, 1.54) is 0 Å². The molecule has 1 saturated heterocycles. The highest BCUT2D eigenvalue weighted by molar-refractivity contribution is 6.08. The SMILES string of the molecule is COc1ccc(C(=O)Nc2cccc(CN3C(=O)[C@]4(O[C@H](CC(=O)N5Cc6ccccc6C[C@H]5CO)[C@@H](C(C)(C)O)[C@@H]4C)c4ccccc43)c2)cc1. The van der Waals surface area contributed by atoms with Crippen molar-refractivity contribution in [2.45, 2.75) is 70.1 Å². The molecule has 3 aliphatic rings. The van der Waals surface area contributed by atoms with Gasteiger partial charge >= 0.3 is 0 Å². The van der Waals surface area contributed by atoms with Crippen LogP contribution in [0.3, 0.4) is 0 Å². The van der Waals surface area contributed by atoms with E-state index in [0.29, 0.717) is 41.2 Å². The number of anilines is 2. The van der Waals surface area contributed by atoms with Crippen molar-refractivity contribution in [1.29, 1.82) is 0 Å². The summed E-state index contributed by atoms with van der Waals surface area (Å²) in [7, 11) is 1.57. The zero-order chi connectivity index (χ0) is 36.8. The number of methoxy groups -OCH3 is 1. The topological polar surface area (TPSA) is 129 Å². The molecule has 52 heavy (non-hydrogen) atoms. The molecule has 0 bridgehead atoms. The Balaban J connectivity index is 1.15. The van der Waals surface area contributed by atoms with Crippen LogP contribution in [0.1, 0.15) is 59.8 Å². The van der Waals surface area contributed by atoms with Gasteiger partial charge in [0.25, 0.3) is 11.8 Å². The lowest BCUT2D eigenvalue weighted by molar-refractivity contribution is -0.151. The standard InChI is InChI=1S/C42H45N3O7/c1-26-38(41(2,3)50)36(22-37(47)44-24-30-12-6-5-11-29(30)21-32(44)25-46)52-42(26)34-14-7-8-15-35(34)45(40(42)49)23-27-10-9-13-31(20-27)43-39(48)28-16-18-33(51-4)19-17-28/h5-20,26,32,36,38,46,50H,21-25H2,1-4H3,(H,43,48)/t26-,32-,36+,38-,42+/m0/s1. The molecule has 0 aromatic heterocycles. The Morgan fingerprint density at radius 2 is 1.69 bits per heavy atom. The van der Waals surface area contributed by atoms with Crippen molar-refractivity contribution < 1.29 is 34.1 Å². The Kier molecular flexibility index (Phi) is 9.41. The van der Waals surface area contributed by atoms with Gasteiger partial charge in [0.05, 0.1) is 50.1 Å².